The third kappa shape index (κ3) is 3.83. The zero-order valence-corrected chi connectivity index (χ0v) is 15.3. The molecule has 0 heterocycles. The highest BCUT2D eigenvalue weighted by atomic mass is 35.5. The largest absolute Gasteiger partial charge is 0.279 e. The number of anilines is 1. The predicted molar refractivity (Wildman–Crippen MR) is 92.8 cm³/mol. The second-order valence-electron chi connectivity index (χ2n) is 4.83. The molecule has 0 aliphatic rings. The molecule has 0 amide bonds. The Morgan fingerprint density at radius 1 is 1.12 bits per heavy atom. The maximum atomic E-state index is 13.1. The van der Waals surface area contributed by atoms with E-state index in [9.17, 15) is 17.6 Å². The Bertz CT molecular complexity index is 872. The molecule has 2 aromatic carbocycles. The van der Waals surface area contributed by atoms with Crippen LogP contribution in [0.15, 0.2) is 47.4 Å². The molecule has 128 valence electrons. The Kier molecular flexibility index (Phi) is 5.75. The third-order valence-electron chi connectivity index (χ3n) is 3.19. The van der Waals surface area contributed by atoms with Crippen LogP contribution in [0, 0.1) is 5.82 Å². The fraction of sp³-hybridized carbons (Fsp3) is 0.133. The number of nitrogens with zero attached hydrogens (tertiary/aromatic N) is 1. The van der Waals surface area contributed by atoms with Crippen LogP contribution in [0.5, 0.6) is 0 Å². The number of benzene rings is 2. The van der Waals surface area contributed by atoms with Gasteiger partial charge < -0.3 is 0 Å². The van der Waals surface area contributed by atoms with E-state index in [0.717, 1.165) is 16.4 Å². The summed E-state index contributed by atoms with van der Waals surface area (Å²) in [5.41, 5.74) is 0.0638. The van der Waals surface area contributed by atoms with Crippen molar-refractivity contribution >= 4 is 55.8 Å². The van der Waals surface area contributed by atoms with E-state index in [1.54, 1.807) is 0 Å². The zero-order valence-electron chi connectivity index (χ0n) is 12.2. The molecule has 1 unspecified atom stereocenters. The number of rotatable bonds is 5. The molecule has 0 radical (unpaired) electrons. The highest BCUT2D eigenvalue weighted by molar-refractivity contribution is 7.93. The van der Waals surface area contributed by atoms with Gasteiger partial charge in [0, 0.05) is 5.02 Å². The van der Waals surface area contributed by atoms with E-state index in [4.69, 9.17) is 34.8 Å². The molecule has 0 fully saturated rings. The van der Waals surface area contributed by atoms with Crippen molar-refractivity contribution in [2.24, 2.45) is 0 Å². The van der Waals surface area contributed by atoms with Gasteiger partial charge in [0.1, 0.15) is 16.8 Å². The zero-order chi connectivity index (χ0) is 18.1. The normalized spacial score (nSPS) is 12.7. The minimum Gasteiger partial charge on any atom is -0.279 e. The standard InChI is InChI=1S/C15H11Cl3FNO3S/c1-9(15(18)21)20(12-5-3-11(19)4-6-12)24(22,23)14-8-10(16)2-7-13(14)17/h2-9H,1H3. The summed E-state index contributed by atoms with van der Waals surface area (Å²) in [5.74, 6) is -0.554. The van der Waals surface area contributed by atoms with Gasteiger partial charge in [-0.3, -0.25) is 9.10 Å². The Balaban J connectivity index is 2.67. The minimum absolute atomic E-state index is 0.0638. The van der Waals surface area contributed by atoms with E-state index in [0.29, 0.717) is 0 Å². The summed E-state index contributed by atoms with van der Waals surface area (Å²) in [6.07, 6.45) is 0. The fourth-order valence-electron chi connectivity index (χ4n) is 2.03. The molecule has 0 aliphatic heterocycles. The molecule has 0 spiro atoms. The Morgan fingerprint density at radius 2 is 1.71 bits per heavy atom. The summed E-state index contributed by atoms with van der Waals surface area (Å²) in [4.78, 5) is 11.3. The number of sulfonamides is 1. The van der Waals surface area contributed by atoms with Crippen LogP contribution in [0.4, 0.5) is 10.1 Å². The predicted octanol–water partition coefficient (Wildman–Crippen LogP) is 4.48. The maximum absolute atomic E-state index is 13.1. The lowest BCUT2D eigenvalue weighted by Crippen LogP contribution is -2.42. The summed E-state index contributed by atoms with van der Waals surface area (Å²) in [6, 6.07) is 7.28. The van der Waals surface area contributed by atoms with Crippen LogP contribution in [0.3, 0.4) is 0 Å². The van der Waals surface area contributed by atoms with Gasteiger partial charge in [0.15, 0.2) is 0 Å². The lowest BCUT2D eigenvalue weighted by Gasteiger charge is -2.28. The molecule has 2 aromatic rings. The quantitative estimate of drug-likeness (QED) is 0.683. The van der Waals surface area contributed by atoms with Gasteiger partial charge >= 0.3 is 0 Å². The average molecular weight is 411 g/mol. The summed E-state index contributed by atoms with van der Waals surface area (Å²) >= 11 is 17.3. The SMILES string of the molecule is CC(C(=O)Cl)N(c1ccc(F)cc1)S(=O)(=O)c1cc(Cl)ccc1Cl. The summed E-state index contributed by atoms with van der Waals surface area (Å²) < 4.78 is 40.0. The summed E-state index contributed by atoms with van der Waals surface area (Å²) in [7, 11) is -4.28. The van der Waals surface area contributed by atoms with Gasteiger partial charge in [0.2, 0.25) is 5.24 Å². The van der Waals surface area contributed by atoms with Gasteiger partial charge in [-0.15, -0.1) is 0 Å². The van der Waals surface area contributed by atoms with E-state index >= 15 is 0 Å². The van der Waals surface area contributed by atoms with Gasteiger partial charge in [-0.2, -0.15) is 0 Å². The first-order chi connectivity index (χ1) is 11.1. The molecular weight excluding hydrogens is 400 g/mol. The first kappa shape index (κ1) is 19.0. The monoisotopic (exact) mass is 409 g/mol. The Labute approximate surface area is 153 Å². The van der Waals surface area contributed by atoms with Crippen molar-refractivity contribution in [2.75, 3.05) is 4.31 Å². The molecule has 1 atom stereocenters. The van der Waals surface area contributed by atoms with Gasteiger partial charge in [-0.05, 0) is 61.0 Å². The van der Waals surface area contributed by atoms with E-state index < -0.39 is 27.1 Å². The van der Waals surface area contributed by atoms with E-state index in [-0.39, 0.29) is 20.6 Å². The van der Waals surface area contributed by atoms with E-state index in [1.807, 2.05) is 0 Å². The molecule has 4 nitrogen and oxygen atoms in total. The lowest BCUT2D eigenvalue weighted by molar-refractivity contribution is -0.112. The van der Waals surface area contributed by atoms with Crippen molar-refractivity contribution in [3.8, 4) is 0 Å². The number of carbonyl (C=O) groups excluding carboxylic acids is 1. The Hall–Kier alpha value is -1.34. The second-order valence-corrected chi connectivity index (χ2v) is 7.83. The molecular formula is C15H11Cl3FNO3S. The van der Waals surface area contributed by atoms with Crippen molar-refractivity contribution in [3.63, 3.8) is 0 Å². The number of hydrogen-bond donors (Lipinski definition) is 0. The van der Waals surface area contributed by atoms with Gasteiger partial charge in [0.25, 0.3) is 10.0 Å². The van der Waals surface area contributed by atoms with Crippen LogP contribution in [-0.2, 0) is 14.8 Å². The van der Waals surface area contributed by atoms with Crippen molar-refractivity contribution in [1.82, 2.24) is 0 Å². The highest BCUT2D eigenvalue weighted by Crippen LogP contribution is 2.32. The van der Waals surface area contributed by atoms with Crippen LogP contribution in [0.1, 0.15) is 6.92 Å². The molecule has 9 heteroatoms. The van der Waals surface area contributed by atoms with Crippen molar-refractivity contribution in [3.05, 3.63) is 58.3 Å². The molecule has 24 heavy (non-hydrogen) atoms. The maximum Gasteiger partial charge on any atom is 0.266 e. The molecule has 0 bridgehead atoms. The number of halogens is 4. The van der Waals surface area contributed by atoms with Crippen LogP contribution >= 0.6 is 34.8 Å². The van der Waals surface area contributed by atoms with Crippen molar-refractivity contribution in [2.45, 2.75) is 17.9 Å². The third-order valence-corrected chi connectivity index (χ3v) is 6.12. The van der Waals surface area contributed by atoms with Crippen LogP contribution in [-0.4, -0.2) is 19.7 Å². The summed E-state index contributed by atoms with van der Waals surface area (Å²) in [6.45, 7) is 1.31. The number of carbonyl (C=O) groups is 1. The highest BCUT2D eigenvalue weighted by Gasteiger charge is 2.34. The van der Waals surface area contributed by atoms with Crippen LogP contribution in [0.2, 0.25) is 10.0 Å². The first-order valence-electron chi connectivity index (χ1n) is 6.59. The lowest BCUT2D eigenvalue weighted by atomic mass is 10.3. The summed E-state index contributed by atoms with van der Waals surface area (Å²) in [5, 5.41) is -0.816. The van der Waals surface area contributed by atoms with E-state index in [2.05, 4.69) is 0 Å². The Morgan fingerprint density at radius 3 is 2.25 bits per heavy atom. The molecule has 0 aromatic heterocycles. The van der Waals surface area contributed by atoms with Gasteiger partial charge in [0.05, 0.1) is 10.7 Å². The molecule has 2 rings (SSSR count). The number of hydrogen-bond acceptors (Lipinski definition) is 3. The van der Waals surface area contributed by atoms with Gasteiger partial charge in [-0.25, -0.2) is 12.8 Å². The average Bonchev–Trinajstić information content (AvgIpc) is 2.51. The van der Waals surface area contributed by atoms with Gasteiger partial charge in [-0.1, -0.05) is 23.2 Å². The van der Waals surface area contributed by atoms with E-state index in [1.165, 1.54) is 37.3 Å². The van der Waals surface area contributed by atoms with Crippen LogP contribution < -0.4 is 4.31 Å². The van der Waals surface area contributed by atoms with Crippen molar-refractivity contribution < 1.29 is 17.6 Å². The topological polar surface area (TPSA) is 54.5 Å². The molecule has 0 N–H and O–H groups in total. The minimum atomic E-state index is -4.28. The smallest absolute Gasteiger partial charge is 0.266 e. The first-order valence-corrected chi connectivity index (χ1v) is 9.16. The second kappa shape index (κ2) is 7.27. The molecule has 0 saturated heterocycles. The molecule has 0 aliphatic carbocycles. The molecule has 0 saturated carbocycles. The van der Waals surface area contributed by atoms with Crippen molar-refractivity contribution in [1.29, 1.82) is 0 Å². The van der Waals surface area contributed by atoms with Crippen LogP contribution in [0.25, 0.3) is 0 Å². The fourth-order valence-corrected chi connectivity index (χ4v) is 4.55.